The van der Waals surface area contributed by atoms with Gasteiger partial charge >= 0.3 is 11.9 Å². The molecule has 3 heterocycles. The Labute approximate surface area is 218 Å². The van der Waals surface area contributed by atoms with E-state index in [1.54, 1.807) is 50.5 Å². The molecular formula is C25H28Cl2N4O5. The van der Waals surface area contributed by atoms with Crippen LogP contribution in [0.3, 0.4) is 0 Å². The van der Waals surface area contributed by atoms with E-state index in [1.807, 2.05) is 16.7 Å². The summed E-state index contributed by atoms with van der Waals surface area (Å²) >= 11 is 12.8. The average Bonchev–Trinajstić information content (AvgIpc) is 3.48. The van der Waals surface area contributed by atoms with Crippen molar-refractivity contribution >= 4 is 51.9 Å². The van der Waals surface area contributed by atoms with Gasteiger partial charge in [-0.3, -0.25) is 4.79 Å². The number of carbonyl (C=O) groups is 2. The summed E-state index contributed by atoms with van der Waals surface area (Å²) in [5.41, 5.74) is 0.673. The van der Waals surface area contributed by atoms with Crippen molar-refractivity contribution in [3.63, 3.8) is 0 Å². The Balaban J connectivity index is 1.56. The van der Waals surface area contributed by atoms with Gasteiger partial charge in [0.1, 0.15) is 17.5 Å². The van der Waals surface area contributed by atoms with Gasteiger partial charge in [-0.1, -0.05) is 23.2 Å². The number of imidazole rings is 1. The van der Waals surface area contributed by atoms with Crippen LogP contribution in [0.5, 0.6) is 0 Å². The Morgan fingerprint density at radius 2 is 2.03 bits per heavy atom. The maximum absolute atomic E-state index is 12.3. The molecule has 1 aromatic carbocycles. The van der Waals surface area contributed by atoms with Crippen molar-refractivity contribution < 1.29 is 24.2 Å². The average molecular weight is 535 g/mol. The van der Waals surface area contributed by atoms with E-state index in [9.17, 15) is 14.7 Å². The fraction of sp³-hybridized carbons (Fsp3) is 0.440. The summed E-state index contributed by atoms with van der Waals surface area (Å²) in [6.07, 6.45) is 5.80. The molecule has 1 N–H and O–H groups in total. The molecule has 0 unspecified atom stereocenters. The van der Waals surface area contributed by atoms with Crippen LogP contribution in [0.15, 0.2) is 36.9 Å². The number of nitrogens with zero attached hydrogens (tertiary/aromatic N) is 4. The van der Waals surface area contributed by atoms with Gasteiger partial charge in [0.15, 0.2) is 0 Å². The number of hydrogen-bond donors (Lipinski definition) is 1. The minimum absolute atomic E-state index is 0.102. The second kappa shape index (κ2) is 10.6. The van der Waals surface area contributed by atoms with E-state index in [2.05, 4.69) is 4.98 Å². The molecule has 2 aromatic heterocycles. The number of carboxylic acid groups (broad SMARTS) is 1. The van der Waals surface area contributed by atoms with Crippen molar-refractivity contribution in [2.45, 2.75) is 45.3 Å². The highest BCUT2D eigenvalue weighted by Gasteiger charge is 2.40. The molecule has 0 aliphatic carbocycles. The van der Waals surface area contributed by atoms with Gasteiger partial charge in [0.05, 0.1) is 47.2 Å². The zero-order valence-electron chi connectivity index (χ0n) is 20.3. The van der Waals surface area contributed by atoms with E-state index in [0.29, 0.717) is 34.3 Å². The maximum atomic E-state index is 12.3. The first-order chi connectivity index (χ1) is 17.0. The molecule has 36 heavy (non-hydrogen) atoms. The molecule has 11 heteroatoms. The number of anilines is 1. The summed E-state index contributed by atoms with van der Waals surface area (Å²) in [4.78, 5) is 34.8. The third-order valence-corrected chi connectivity index (χ3v) is 6.69. The highest BCUT2D eigenvalue weighted by molar-refractivity contribution is 6.45. The number of benzene rings is 1. The van der Waals surface area contributed by atoms with Gasteiger partial charge in [-0.05, 0) is 39.3 Å². The number of hydrogen-bond acceptors (Lipinski definition) is 7. The molecule has 1 aliphatic heterocycles. The molecular weight excluding hydrogens is 507 g/mol. The summed E-state index contributed by atoms with van der Waals surface area (Å²) < 4.78 is 12.8. The summed E-state index contributed by atoms with van der Waals surface area (Å²) in [5.74, 6) is -1.14. The van der Waals surface area contributed by atoms with Crippen molar-refractivity contribution in [3.8, 4) is 5.69 Å². The van der Waals surface area contributed by atoms with Crippen molar-refractivity contribution in [2.24, 2.45) is 5.92 Å². The molecule has 192 valence electrons. The van der Waals surface area contributed by atoms with Gasteiger partial charge in [-0.15, -0.1) is 0 Å². The van der Waals surface area contributed by atoms with Crippen molar-refractivity contribution in [3.05, 3.63) is 47.0 Å². The third-order valence-electron chi connectivity index (χ3n) is 5.89. The second-order valence-electron chi connectivity index (χ2n) is 9.66. The summed E-state index contributed by atoms with van der Waals surface area (Å²) in [6.45, 7) is 6.23. The summed E-state index contributed by atoms with van der Waals surface area (Å²) in [7, 11) is 0. The smallest absolute Gasteiger partial charge is 0.326 e. The molecule has 9 nitrogen and oxygen atoms in total. The SMILES string of the molecule is CC(C)(C)OC(=O)CCOC[C@@H]1CCN(c2cc(-n3ccnc3)c3ccc(Cl)c(Cl)c3n2)[C@@H]1C(=O)O. The molecule has 0 radical (unpaired) electrons. The van der Waals surface area contributed by atoms with E-state index in [4.69, 9.17) is 37.7 Å². The Hall–Kier alpha value is -2.88. The minimum Gasteiger partial charge on any atom is -0.480 e. The number of aliphatic carboxylic acids is 1. The molecule has 2 atom stereocenters. The molecule has 0 spiro atoms. The normalized spacial score (nSPS) is 18.1. The molecule has 4 rings (SSSR count). The van der Waals surface area contributed by atoms with Crippen molar-refractivity contribution in [1.82, 2.24) is 14.5 Å². The number of aromatic nitrogens is 3. The van der Waals surface area contributed by atoms with Crippen LogP contribution in [-0.2, 0) is 19.1 Å². The number of halogens is 2. The van der Waals surface area contributed by atoms with Crippen LogP contribution in [0.1, 0.15) is 33.6 Å². The fourth-order valence-electron chi connectivity index (χ4n) is 4.37. The van der Waals surface area contributed by atoms with E-state index < -0.39 is 17.6 Å². The number of carboxylic acids is 1. The highest BCUT2D eigenvalue weighted by atomic mass is 35.5. The lowest BCUT2D eigenvalue weighted by atomic mass is 10.0. The summed E-state index contributed by atoms with van der Waals surface area (Å²) in [6, 6.07) is 4.50. The van der Waals surface area contributed by atoms with Gasteiger partial charge in [0.2, 0.25) is 0 Å². The molecule has 1 saturated heterocycles. The Morgan fingerprint density at radius 1 is 1.25 bits per heavy atom. The van der Waals surface area contributed by atoms with Crippen LogP contribution in [-0.4, -0.2) is 63.0 Å². The van der Waals surface area contributed by atoms with Crippen molar-refractivity contribution in [2.75, 3.05) is 24.7 Å². The number of rotatable bonds is 8. The predicted octanol–water partition coefficient (Wildman–Crippen LogP) is 4.76. The van der Waals surface area contributed by atoms with Gasteiger partial charge < -0.3 is 24.0 Å². The first kappa shape index (κ1) is 26.2. The van der Waals surface area contributed by atoms with Crippen LogP contribution < -0.4 is 4.90 Å². The van der Waals surface area contributed by atoms with Crippen molar-refractivity contribution in [1.29, 1.82) is 0 Å². The number of ether oxygens (including phenoxy) is 2. The van der Waals surface area contributed by atoms with Gasteiger partial charge in [0, 0.05) is 36.3 Å². The zero-order valence-corrected chi connectivity index (χ0v) is 21.8. The maximum Gasteiger partial charge on any atom is 0.326 e. The number of esters is 1. The lowest BCUT2D eigenvalue weighted by molar-refractivity contribution is -0.156. The second-order valence-corrected chi connectivity index (χ2v) is 10.4. The topological polar surface area (TPSA) is 107 Å². The minimum atomic E-state index is -0.975. The van der Waals surface area contributed by atoms with Crippen LogP contribution in [0.2, 0.25) is 10.0 Å². The molecule has 0 bridgehead atoms. The van der Waals surface area contributed by atoms with E-state index in [0.717, 1.165) is 11.1 Å². The lowest BCUT2D eigenvalue weighted by Gasteiger charge is -2.27. The summed E-state index contributed by atoms with van der Waals surface area (Å²) in [5, 5.41) is 11.5. The van der Waals surface area contributed by atoms with Crippen LogP contribution in [0.25, 0.3) is 16.6 Å². The van der Waals surface area contributed by atoms with Gasteiger partial charge in [0.25, 0.3) is 0 Å². The number of pyridine rings is 1. The lowest BCUT2D eigenvalue weighted by Crippen LogP contribution is -2.41. The van der Waals surface area contributed by atoms with E-state index in [1.165, 1.54) is 0 Å². The van der Waals surface area contributed by atoms with Crippen LogP contribution in [0.4, 0.5) is 5.82 Å². The third kappa shape index (κ3) is 5.74. The van der Waals surface area contributed by atoms with Gasteiger partial charge in [-0.2, -0.15) is 0 Å². The Morgan fingerprint density at radius 3 is 2.69 bits per heavy atom. The zero-order chi connectivity index (χ0) is 26.0. The van der Waals surface area contributed by atoms with E-state index in [-0.39, 0.29) is 31.5 Å². The Bertz CT molecular complexity index is 1260. The van der Waals surface area contributed by atoms with Crippen LogP contribution >= 0.6 is 23.2 Å². The monoisotopic (exact) mass is 534 g/mol. The molecule has 1 fully saturated rings. The fourth-order valence-corrected chi connectivity index (χ4v) is 4.73. The molecule has 3 aromatic rings. The van der Waals surface area contributed by atoms with Crippen LogP contribution in [0, 0.1) is 5.92 Å². The standard InChI is InChI=1S/C25H28Cl2N4O5/c1-25(2,3)36-20(32)7-11-35-13-15-6-9-31(23(15)24(33)34)19-12-18(30-10-8-28-14-30)16-4-5-17(26)21(27)22(16)29-19/h4-5,8,10,12,14-15,23H,6-7,9,11,13H2,1-3H3,(H,33,34)/t15-,23-/m0/s1. The first-order valence-corrected chi connectivity index (χ1v) is 12.4. The quantitative estimate of drug-likeness (QED) is 0.325. The number of carbonyl (C=O) groups excluding carboxylic acids is 1. The largest absolute Gasteiger partial charge is 0.480 e. The van der Waals surface area contributed by atoms with E-state index >= 15 is 0 Å². The Kier molecular flexibility index (Phi) is 7.73. The highest BCUT2D eigenvalue weighted by Crippen LogP contribution is 2.37. The van der Waals surface area contributed by atoms with Gasteiger partial charge in [-0.25, -0.2) is 14.8 Å². The number of fused-ring (bicyclic) bond motifs is 1. The molecule has 0 saturated carbocycles. The molecule has 1 aliphatic rings. The molecule has 0 amide bonds. The first-order valence-electron chi connectivity index (χ1n) is 11.6. The predicted molar refractivity (Wildman–Crippen MR) is 137 cm³/mol.